The van der Waals surface area contributed by atoms with Gasteiger partial charge in [0.15, 0.2) is 5.65 Å². The van der Waals surface area contributed by atoms with Crippen molar-refractivity contribution in [1.29, 1.82) is 0 Å². The number of carbonyl (C=O) groups excluding carboxylic acids is 1. The third kappa shape index (κ3) is 4.38. The van der Waals surface area contributed by atoms with E-state index in [1.807, 2.05) is 53.8 Å². The van der Waals surface area contributed by atoms with Crippen LogP contribution in [0.15, 0.2) is 47.5 Å². The minimum atomic E-state index is 0.0642. The van der Waals surface area contributed by atoms with E-state index in [1.165, 1.54) is 12.8 Å². The zero-order valence-corrected chi connectivity index (χ0v) is 18.9. The average Bonchev–Trinajstić information content (AvgIpc) is 3.39. The first kappa shape index (κ1) is 20.9. The number of fused-ring (bicyclic) bond motifs is 1. The number of imidazole rings is 1. The molecule has 4 rings (SSSR count). The summed E-state index contributed by atoms with van der Waals surface area (Å²) in [4.78, 5) is 26.1. The Hall–Kier alpha value is -2.34. The molecule has 2 aromatic heterocycles. The minimum absolute atomic E-state index is 0.0642. The van der Waals surface area contributed by atoms with Gasteiger partial charge in [-0.1, -0.05) is 26.7 Å². The molecule has 0 spiro atoms. The van der Waals surface area contributed by atoms with E-state index >= 15 is 0 Å². The van der Waals surface area contributed by atoms with Crippen molar-refractivity contribution in [2.24, 2.45) is 5.92 Å². The third-order valence-corrected chi connectivity index (χ3v) is 6.50. The maximum Gasteiger partial charge on any atom is 0.254 e. The van der Waals surface area contributed by atoms with Crippen LogP contribution in [-0.4, -0.2) is 38.1 Å². The number of nitrogens with zero attached hydrogens (tertiary/aromatic N) is 4. The fourth-order valence-electron chi connectivity index (χ4n) is 4.38. The number of carbonyl (C=O) groups is 1. The smallest absolute Gasteiger partial charge is 0.254 e. The summed E-state index contributed by atoms with van der Waals surface area (Å²) in [7, 11) is 0. The quantitative estimate of drug-likeness (QED) is 0.467. The monoisotopic (exact) mass is 422 g/mol. The molecule has 5 nitrogen and oxygen atoms in total. The van der Waals surface area contributed by atoms with Crippen molar-refractivity contribution in [3.63, 3.8) is 0 Å². The third-order valence-electron chi connectivity index (χ3n) is 5.75. The van der Waals surface area contributed by atoms with E-state index in [1.54, 1.807) is 11.8 Å². The maximum atomic E-state index is 13.4. The maximum absolute atomic E-state index is 13.4. The van der Waals surface area contributed by atoms with Crippen molar-refractivity contribution in [3.05, 3.63) is 54.0 Å². The van der Waals surface area contributed by atoms with Crippen molar-refractivity contribution in [1.82, 2.24) is 19.4 Å². The van der Waals surface area contributed by atoms with Gasteiger partial charge in [-0.25, -0.2) is 9.97 Å². The minimum Gasteiger partial charge on any atom is -0.331 e. The summed E-state index contributed by atoms with van der Waals surface area (Å²) in [6, 6.07) is 12.3. The molecule has 1 amide bonds. The van der Waals surface area contributed by atoms with Crippen molar-refractivity contribution in [2.75, 3.05) is 12.8 Å². The average molecular weight is 423 g/mol. The Morgan fingerprint density at radius 3 is 2.60 bits per heavy atom. The highest BCUT2D eigenvalue weighted by atomic mass is 32.2. The van der Waals surface area contributed by atoms with Gasteiger partial charge in [0.1, 0.15) is 11.3 Å². The highest BCUT2D eigenvalue weighted by Crippen LogP contribution is 2.33. The Morgan fingerprint density at radius 1 is 1.20 bits per heavy atom. The van der Waals surface area contributed by atoms with E-state index in [0.717, 1.165) is 40.3 Å². The molecule has 0 unspecified atom stereocenters. The first-order chi connectivity index (χ1) is 14.6. The Balaban J connectivity index is 1.68. The van der Waals surface area contributed by atoms with Gasteiger partial charge in [0.2, 0.25) is 0 Å². The highest BCUT2D eigenvalue weighted by Gasteiger charge is 2.26. The van der Waals surface area contributed by atoms with Gasteiger partial charge in [-0.15, -0.1) is 11.8 Å². The molecule has 0 N–H and O–H groups in total. The fourth-order valence-corrected chi connectivity index (χ4v) is 4.79. The predicted octanol–water partition coefficient (Wildman–Crippen LogP) is 5.57. The number of thioether (sulfide) groups is 1. The number of hydrogen-bond acceptors (Lipinski definition) is 4. The van der Waals surface area contributed by atoms with Gasteiger partial charge in [0.05, 0.1) is 6.54 Å². The largest absolute Gasteiger partial charge is 0.331 e. The van der Waals surface area contributed by atoms with Crippen LogP contribution in [0.25, 0.3) is 11.2 Å². The van der Waals surface area contributed by atoms with E-state index in [4.69, 9.17) is 4.98 Å². The molecule has 6 heteroatoms. The second-order valence-electron chi connectivity index (χ2n) is 8.49. The number of hydrogen-bond donors (Lipinski definition) is 0. The van der Waals surface area contributed by atoms with Gasteiger partial charge in [0.25, 0.3) is 5.91 Å². The zero-order chi connectivity index (χ0) is 21.1. The summed E-state index contributed by atoms with van der Waals surface area (Å²) in [6.45, 7) is 5.51. The molecule has 1 aliphatic rings. The van der Waals surface area contributed by atoms with Crippen LogP contribution in [0.4, 0.5) is 0 Å². The molecular weight excluding hydrogens is 392 g/mol. The lowest BCUT2D eigenvalue weighted by Crippen LogP contribution is -2.35. The summed E-state index contributed by atoms with van der Waals surface area (Å²) in [5.74, 6) is 1.39. The van der Waals surface area contributed by atoms with Crippen LogP contribution in [0.5, 0.6) is 0 Å². The summed E-state index contributed by atoms with van der Waals surface area (Å²) < 4.78 is 2.31. The second kappa shape index (κ2) is 9.21. The van der Waals surface area contributed by atoms with E-state index in [9.17, 15) is 4.79 Å². The number of amides is 1. The molecule has 1 fully saturated rings. The number of rotatable bonds is 7. The standard InChI is InChI=1S/C24H30N4OS/c1-17(2)15-27(24(29)18-10-12-20(30-3)13-11-18)16-22-26-21-9-6-14-25-23(21)28(22)19-7-4-5-8-19/h6,9-14,17,19H,4-5,7-8,15-16H2,1-3H3. The first-order valence-electron chi connectivity index (χ1n) is 10.8. The molecule has 0 atom stereocenters. The first-order valence-corrected chi connectivity index (χ1v) is 12.0. The summed E-state index contributed by atoms with van der Waals surface area (Å²) >= 11 is 1.68. The number of benzene rings is 1. The van der Waals surface area contributed by atoms with Crippen LogP contribution < -0.4 is 0 Å². The van der Waals surface area contributed by atoms with Crippen LogP contribution in [0, 0.1) is 5.92 Å². The summed E-state index contributed by atoms with van der Waals surface area (Å²) in [5.41, 5.74) is 2.59. The second-order valence-corrected chi connectivity index (χ2v) is 9.37. The summed E-state index contributed by atoms with van der Waals surface area (Å²) in [5, 5.41) is 0. The Labute approximate surface area is 182 Å². The van der Waals surface area contributed by atoms with Crippen molar-refractivity contribution in [2.45, 2.75) is 57.0 Å². The zero-order valence-electron chi connectivity index (χ0n) is 18.0. The molecule has 0 bridgehead atoms. The normalized spacial score (nSPS) is 14.7. The van der Waals surface area contributed by atoms with Gasteiger partial charge in [-0.3, -0.25) is 4.79 Å². The predicted molar refractivity (Wildman–Crippen MR) is 123 cm³/mol. The van der Waals surface area contributed by atoms with Crippen molar-refractivity contribution >= 4 is 28.8 Å². The molecule has 3 aromatic rings. The molecular formula is C24H30N4OS. The number of pyridine rings is 1. The lowest BCUT2D eigenvalue weighted by Gasteiger charge is -2.26. The fraction of sp³-hybridized carbons (Fsp3) is 0.458. The lowest BCUT2D eigenvalue weighted by atomic mass is 10.1. The van der Waals surface area contributed by atoms with Crippen LogP contribution in [-0.2, 0) is 6.54 Å². The molecule has 0 saturated heterocycles. The Kier molecular flexibility index (Phi) is 6.42. The lowest BCUT2D eigenvalue weighted by molar-refractivity contribution is 0.0715. The summed E-state index contributed by atoms with van der Waals surface area (Å²) in [6.07, 6.45) is 8.68. The van der Waals surface area contributed by atoms with E-state index < -0.39 is 0 Å². The van der Waals surface area contributed by atoms with Gasteiger partial charge < -0.3 is 9.47 Å². The van der Waals surface area contributed by atoms with E-state index in [-0.39, 0.29) is 5.91 Å². The van der Waals surface area contributed by atoms with E-state index in [2.05, 4.69) is 23.4 Å². The van der Waals surface area contributed by atoms with E-state index in [0.29, 0.717) is 25.0 Å². The Bertz CT molecular complexity index is 1010. The van der Waals surface area contributed by atoms with Gasteiger partial charge in [-0.05, 0) is 61.4 Å². The molecule has 1 aliphatic carbocycles. The molecule has 0 radical (unpaired) electrons. The molecule has 1 saturated carbocycles. The number of aromatic nitrogens is 3. The van der Waals surface area contributed by atoms with Crippen LogP contribution in [0.2, 0.25) is 0 Å². The molecule has 30 heavy (non-hydrogen) atoms. The van der Waals surface area contributed by atoms with Crippen LogP contribution >= 0.6 is 11.8 Å². The molecule has 1 aromatic carbocycles. The van der Waals surface area contributed by atoms with Gasteiger partial charge >= 0.3 is 0 Å². The van der Waals surface area contributed by atoms with Crippen LogP contribution in [0.1, 0.15) is 61.8 Å². The van der Waals surface area contributed by atoms with Gasteiger partial charge in [0, 0.05) is 29.2 Å². The highest BCUT2D eigenvalue weighted by molar-refractivity contribution is 7.98. The SMILES string of the molecule is CSc1ccc(C(=O)N(Cc2nc3cccnc3n2C2CCCC2)CC(C)C)cc1. The van der Waals surface area contributed by atoms with Crippen molar-refractivity contribution < 1.29 is 4.79 Å². The van der Waals surface area contributed by atoms with Crippen molar-refractivity contribution in [3.8, 4) is 0 Å². The molecule has 2 heterocycles. The topological polar surface area (TPSA) is 51.0 Å². The Morgan fingerprint density at radius 2 is 1.93 bits per heavy atom. The van der Waals surface area contributed by atoms with Gasteiger partial charge in [-0.2, -0.15) is 0 Å². The molecule has 0 aliphatic heterocycles. The molecule has 158 valence electrons. The van der Waals surface area contributed by atoms with Crippen LogP contribution in [0.3, 0.4) is 0 Å².